The summed E-state index contributed by atoms with van der Waals surface area (Å²) in [6, 6.07) is 0. The summed E-state index contributed by atoms with van der Waals surface area (Å²) >= 11 is 0. The van der Waals surface area contributed by atoms with Gasteiger partial charge in [0, 0.05) is 6.42 Å². The van der Waals surface area contributed by atoms with Crippen LogP contribution in [0, 0.1) is 0 Å². The van der Waals surface area contributed by atoms with Gasteiger partial charge in [0.05, 0.1) is 13.1 Å². The smallest absolute Gasteiger partial charge is 0.234 e. The molecule has 1 aromatic rings. The molecule has 1 aromatic heterocycles. The second kappa shape index (κ2) is 29.7. The summed E-state index contributed by atoms with van der Waals surface area (Å²) in [5, 5.41) is 0. The quantitative estimate of drug-likeness (QED) is 0.0613. The van der Waals surface area contributed by atoms with Crippen molar-refractivity contribution >= 4 is 0 Å². The van der Waals surface area contributed by atoms with Crippen molar-refractivity contribution in [1.82, 2.24) is 4.57 Å². The Hall–Kier alpha value is -0.790. The van der Waals surface area contributed by atoms with Crippen molar-refractivity contribution in [2.75, 3.05) is 0 Å². The van der Waals surface area contributed by atoms with E-state index in [1.807, 2.05) is 0 Å². The van der Waals surface area contributed by atoms with E-state index in [1.54, 1.807) is 5.82 Å². The third-order valence-corrected chi connectivity index (χ3v) is 9.10. The van der Waals surface area contributed by atoms with E-state index in [2.05, 4.69) is 42.3 Å². The molecule has 1 heterocycles. The van der Waals surface area contributed by atoms with E-state index in [0.29, 0.717) is 0 Å². The number of imidazole rings is 1. The van der Waals surface area contributed by atoms with Crippen molar-refractivity contribution in [3.05, 3.63) is 18.2 Å². The highest BCUT2D eigenvalue weighted by Gasteiger charge is 2.16. The molecule has 0 aliphatic carbocycles. The third kappa shape index (κ3) is 21.9. The van der Waals surface area contributed by atoms with Crippen molar-refractivity contribution in [3.63, 3.8) is 0 Å². The molecular weight excluding hydrogens is 484 g/mol. The summed E-state index contributed by atoms with van der Waals surface area (Å²) in [7, 11) is 0. The van der Waals surface area contributed by atoms with Gasteiger partial charge in [-0.15, -0.1) is 0 Å². The minimum absolute atomic E-state index is 1.23. The average Bonchev–Trinajstić information content (AvgIpc) is 3.35. The number of aryl methyl sites for hydroxylation is 2. The van der Waals surface area contributed by atoms with Gasteiger partial charge in [0.1, 0.15) is 12.4 Å². The minimum atomic E-state index is 1.23. The van der Waals surface area contributed by atoms with Crippen molar-refractivity contribution in [2.24, 2.45) is 0 Å². The van der Waals surface area contributed by atoms with Crippen LogP contribution in [0.25, 0.3) is 0 Å². The van der Waals surface area contributed by atoms with E-state index in [4.69, 9.17) is 0 Å². The van der Waals surface area contributed by atoms with Gasteiger partial charge in [0.15, 0.2) is 0 Å². The summed E-state index contributed by atoms with van der Waals surface area (Å²) < 4.78 is 5.25. The number of nitrogens with zero attached hydrogens (tertiary/aromatic N) is 2. The largest absolute Gasteiger partial charge is 0.256 e. The molecular formula is C38H75N2+. The minimum Gasteiger partial charge on any atom is -0.234 e. The molecule has 0 aromatic carbocycles. The standard InChI is InChI=1S/C38H75N2/c1-4-7-10-13-16-18-19-20-21-22-24-26-29-32-35-40-37-36-39(34-31-28-15-12-9-6-3)38(40)33-30-27-25-23-17-14-11-8-5-2/h36-37H,4-35H2,1-3H3/q+1. The first-order valence-corrected chi connectivity index (χ1v) is 18.9. The highest BCUT2D eigenvalue weighted by Crippen LogP contribution is 2.15. The Morgan fingerprint density at radius 1 is 0.425 bits per heavy atom. The van der Waals surface area contributed by atoms with Crippen molar-refractivity contribution in [2.45, 2.75) is 226 Å². The number of hydrogen-bond donors (Lipinski definition) is 0. The molecule has 2 nitrogen and oxygen atoms in total. The molecule has 0 bridgehead atoms. The molecule has 40 heavy (non-hydrogen) atoms. The number of unbranched alkanes of at least 4 members (excludes halogenated alkanes) is 26. The molecule has 0 amide bonds. The lowest BCUT2D eigenvalue weighted by Gasteiger charge is -2.07. The summed E-state index contributed by atoms with van der Waals surface area (Å²) in [4.78, 5) is 0. The van der Waals surface area contributed by atoms with Crippen LogP contribution < -0.4 is 4.57 Å². The van der Waals surface area contributed by atoms with Crippen LogP contribution in [0.5, 0.6) is 0 Å². The molecule has 0 radical (unpaired) electrons. The van der Waals surface area contributed by atoms with Crippen LogP contribution in [0.1, 0.15) is 213 Å². The van der Waals surface area contributed by atoms with Gasteiger partial charge >= 0.3 is 0 Å². The molecule has 0 N–H and O–H groups in total. The molecule has 0 aliphatic heterocycles. The molecule has 2 heteroatoms. The summed E-state index contributed by atoms with van der Waals surface area (Å²) in [5.41, 5.74) is 0. The van der Waals surface area contributed by atoms with E-state index in [0.717, 1.165) is 0 Å². The van der Waals surface area contributed by atoms with Gasteiger partial charge < -0.3 is 0 Å². The predicted molar refractivity (Wildman–Crippen MR) is 179 cm³/mol. The van der Waals surface area contributed by atoms with Gasteiger partial charge in [0.25, 0.3) is 5.82 Å². The molecule has 0 aliphatic rings. The van der Waals surface area contributed by atoms with Crippen molar-refractivity contribution in [1.29, 1.82) is 0 Å². The number of rotatable bonds is 32. The maximum atomic E-state index is 2.63. The SMILES string of the molecule is CCCCCCCCCCCCCCCC[n+]1ccn(CCCCCCCC)c1CCCCCCCCCCC. The molecule has 0 atom stereocenters. The van der Waals surface area contributed by atoms with Crippen LogP contribution >= 0.6 is 0 Å². The fraction of sp³-hybridized carbons (Fsp3) is 0.921. The second-order valence-corrected chi connectivity index (χ2v) is 13.0. The zero-order chi connectivity index (χ0) is 28.8. The van der Waals surface area contributed by atoms with Crippen molar-refractivity contribution < 1.29 is 4.57 Å². The fourth-order valence-electron chi connectivity index (χ4n) is 6.33. The molecule has 0 unspecified atom stereocenters. The monoisotopic (exact) mass is 560 g/mol. The first-order valence-electron chi connectivity index (χ1n) is 18.9. The second-order valence-electron chi connectivity index (χ2n) is 13.0. The van der Waals surface area contributed by atoms with Gasteiger partial charge in [-0.2, -0.15) is 0 Å². The highest BCUT2D eigenvalue weighted by atomic mass is 15.1. The summed E-state index contributed by atoms with van der Waals surface area (Å²) in [6.45, 7) is 9.39. The van der Waals surface area contributed by atoms with E-state index in [-0.39, 0.29) is 0 Å². The predicted octanol–water partition coefficient (Wildman–Crippen LogP) is 12.7. The zero-order valence-corrected chi connectivity index (χ0v) is 28.2. The zero-order valence-electron chi connectivity index (χ0n) is 28.2. The van der Waals surface area contributed by atoms with Crippen LogP contribution in [0.4, 0.5) is 0 Å². The Kier molecular flexibility index (Phi) is 27.6. The molecule has 236 valence electrons. The summed E-state index contributed by atoms with van der Waals surface area (Å²) in [6.07, 6.45) is 47.4. The Bertz CT molecular complexity index is 619. The van der Waals surface area contributed by atoms with Crippen LogP contribution in [0.15, 0.2) is 12.4 Å². The van der Waals surface area contributed by atoms with Gasteiger partial charge in [-0.25, -0.2) is 9.13 Å². The Labute approximate surface area is 253 Å². The van der Waals surface area contributed by atoms with E-state index in [1.165, 1.54) is 206 Å². The topological polar surface area (TPSA) is 8.81 Å². The summed E-state index contributed by atoms with van der Waals surface area (Å²) in [5.74, 6) is 1.62. The lowest BCUT2D eigenvalue weighted by molar-refractivity contribution is -0.704. The third-order valence-electron chi connectivity index (χ3n) is 9.10. The molecule has 0 saturated carbocycles. The van der Waals surface area contributed by atoms with Crippen LogP contribution in [-0.4, -0.2) is 4.57 Å². The Balaban J connectivity index is 2.25. The molecule has 0 spiro atoms. The first-order chi connectivity index (χ1) is 19.8. The number of hydrogen-bond acceptors (Lipinski definition) is 0. The van der Waals surface area contributed by atoms with Crippen molar-refractivity contribution in [3.8, 4) is 0 Å². The van der Waals surface area contributed by atoms with E-state index in [9.17, 15) is 0 Å². The van der Waals surface area contributed by atoms with E-state index < -0.39 is 0 Å². The maximum absolute atomic E-state index is 2.63. The van der Waals surface area contributed by atoms with Crippen LogP contribution in [-0.2, 0) is 19.5 Å². The lowest BCUT2D eigenvalue weighted by Crippen LogP contribution is -2.37. The fourth-order valence-corrected chi connectivity index (χ4v) is 6.33. The van der Waals surface area contributed by atoms with Gasteiger partial charge in [0.2, 0.25) is 0 Å². The van der Waals surface area contributed by atoms with Crippen LogP contribution in [0.3, 0.4) is 0 Å². The lowest BCUT2D eigenvalue weighted by atomic mass is 10.0. The number of aromatic nitrogens is 2. The normalized spacial score (nSPS) is 11.6. The molecule has 0 saturated heterocycles. The molecule has 1 rings (SSSR count). The first kappa shape index (κ1) is 37.2. The Morgan fingerprint density at radius 3 is 1.20 bits per heavy atom. The van der Waals surface area contributed by atoms with Crippen LogP contribution in [0.2, 0.25) is 0 Å². The molecule has 0 fully saturated rings. The average molecular weight is 560 g/mol. The van der Waals surface area contributed by atoms with Gasteiger partial charge in [-0.3, -0.25) is 0 Å². The van der Waals surface area contributed by atoms with Gasteiger partial charge in [-0.1, -0.05) is 175 Å². The van der Waals surface area contributed by atoms with E-state index >= 15 is 0 Å². The Morgan fingerprint density at radius 2 is 0.775 bits per heavy atom. The maximum Gasteiger partial charge on any atom is 0.256 e. The van der Waals surface area contributed by atoms with Gasteiger partial charge in [-0.05, 0) is 32.1 Å². The highest BCUT2D eigenvalue weighted by molar-refractivity contribution is 4.84.